The standard InChI is InChI=1S/C16H15N5O5S/c1-3-20-12-13(19(2)15(24)18-14(12)23)17-16(20)27-8-11(22)9-4-6-10(7-5-9)21(25)26/h4-7H,3,8H2,1-2H3,(H,18,23,24). The molecule has 0 unspecified atom stereocenters. The number of non-ortho nitro benzene ring substituents is 1. The van der Waals surface area contributed by atoms with Crippen molar-refractivity contribution < 1.29 is 9.72 Å². The molecule has 0 aliphatic heterocycles. The minimum Gasteiger partial charge on any atom is -0.313 e. The van der Waals surface area contributed by atoms with Crippen LogP contribution in [0.1, 0.15) is 17.3 Å². The molecule has 2 aromatic heterocycles. The first kappa shape index (κ1) is 18.6. The van der Waals surface area contributed by atoms with Crippen LogP contribution in [-0.4, -0.2) is 35.6 Å². The Balaban J connectivity index is 1.88. The van der Waals surface area contributed by atoms with Gasteiger partial charge in [0.15, 0.2) is 22.1 Å². The van der Waals surface area contributed by atoms with Gasteiger partial charge < -0.3 is 4.57 Å². The van der Waals surface area contributed by atoms with E-state index in [4.69, 9.17) is 0 Å². The van der Waals surface area contributed by atoms with Crippen molar-refractivity contribution in [3.05, 3.63) is 60.8 Å². The lowest BCUT2D eigenvalue weighted by molar-refractivity contribution is -0.384. The summed E-state index contributed by atoms with van der Waals surface area (Å²) in [6.45, 7) is 2.26. The van der Waals surface area contributed by atoms with Gasteiger partial charge in [-0.25, -0.2) is 9.78 Å². The van der Waals surface area contributed by atoms with E-state index >= 15 is 0 Å². The Morgan fingerprint density at radius 3 is 2.56 bits per heavy atom. The highest BCUT2D eigenvalue weighted by Gasteiger charge is 2.18. The number of carbonyl (C=O) groups is 1. The van der Waals surface area contributed by atoms with Crippen LogP contribution in [0.2, 0.25) is 0 Å². The maximum atomic E-state index is 12.4. The van der Waals surface area contributed by atoms with E-state index in [9.17, 15) is 24.5 Å². The van der Waals surface area contributed by atoms with E-state index < -0.39 is 16.2 Å². The smallest absolute Gasteiger partial charge is 0.313 e. The van der Waals surface area contributed by atoms with E-state index in [-0.39, 0.29) is 28.4 Å². The predicted molar refractivity (Wildman–Crippen MR) is 99.4 cm³/mol. The number of hydrogen-bond donors (Lipinski definition) is 1. The van der Waals surface area contributed by atoms with Crippen molar-refractivity contribution in [2.24, 2.45) is 7.05 Å². The van der Waals surface area contributed by atoms with Gasteiger partial charge in [0.1, 0.15) is 0 Å². The SMILES string of the molecule is CCn1c(SCC(=O)c2ccc([N+](=O)[O-])cc2)nc2c1c(=O)[nH]c(=O)n2C. The number of rotatable bonds is 6. The van der Waals surface area contributed by atoms with Gasteiger partial charge in [-0.3, -0.25) is 29.3 Å². The summed E-state index contributed by atoms with van der Waals surface area (Å²) in [5, 5.41) is 11.1. The fourth-order valence-corrected chi connectivity index (χ4v) is 3.55. The molecule has 0 radical (unpaired) electrons. The molecule has 0 aliphatic rings. The first-order valence-electron chi connectivity index (χ1n) is 7.93. The van der Waals surface area contributed by atoms with Crippen molar-refractivity contribution in [1.82, 2.24) is 19.1 Å². The highest BCUT2D eigenvalue weighted by Crippen LogP contribution is 2.23. The third-order valence-electron chi connectivity index (χ3n) is 4.02. The number of H-pyrrole nitrogens is 1. The molecular formula is C16H15N5O5S. The number of aromatic nitrogens is 4. The number of hydrogen-bond acceptors (Lipinski definition) is 7. The van der Waals surface area contributed by atoms with Crippen LogP contribution in [0.25, 0.3) is 11.2 Å². The number of nitro groups is 1. The number of nitrogens with one attached hydrogen (secondary N) is 1. The molecule has 140 valence electrons. The average Bonchev–Trinajstić information content (AvgIpc) is 3.03. The average molecular weight is 389 g/mol. The summed E-state index contributed by atoms with van der Waals surface area (Å²) in [5.41, 5.74) is -0.326. The highest BCUT2D eigenvalue weighted by molar-refractivity contribution is 7.99. The van der Waals surface area contributed by atoms with Crippen LogP contribution in [0.3, 0.4) is 0 Å². The summed E-state index contributed by atoms with van der Waals surface area (Å²) >= 11 is 1.13. The normalized spacial score (nSPS) is 11.0. The van der Waals surface area contributed by atoms with Crippen LogP contribution in [0, 0.1) is 10.1 Å². The van der Waals surface area contributed by atoms with Crippen LogP contribution in [0.15, 0.2) is 39.0 Å². The lowest BCUT2D eigenvalue weighted by Crippen LogP contribution is -2.29. The quantitative estimate of drug-likeness (QED) is 0.291. The molecule has 27 heavy (non-hydrogen) atoms. The number of aromatic amines is 1. The lowest BCUT2D eigenvalue weighted by atomic mass is 10.1. The van der Waals surface area contributed by atoms with E-state index in [1.54, 1.807) is 4.57 Å². The predicted octanol–water partition coefficient (Wildman–Crippen LogP) is 1.33. The zero-order valence-corrected chi connectivity index (χ0v) is 15.3. The Bertz CT molecular complexity index is 1160. The van der Waals surface area contributed by atoms with Crippen molar-refractivity contribution in [3.8, 4) is 0 Å². The summed E-state index contributed by atoms with van der Waals surface area (Å²) in [6.07, 6.45) is 0. The summed E-state index contributed by atoms with van der Waals surface area (Å²) in [6, 6.07) is 5.35. The summed E-state index contributed by atoms with van der Waals surface area (Å²) in [7, 11) is 1.50. The highest BCUT2D eigenvalue weighted by atomic mass is 32.2. The Kier molecular flexibility index (Phi) is 4.95. The third-order valence-corrected chi connectivity index (χ3v) is 5.00. The molecule has 11 heteroatoms. The minimum absolute atomic E-state index is 0.0347. The molecule has 0 saturated carbocycles. The monoisotopic (exact) mass is 389 g/mol. The molecule has 0 aliphatic carbocycles. The second-order valence-corrected chi connectivity index (χ2v) is 6.59. The molecule has 0 saturated heterocycles. The Labute approximate surface area is 156 Å². The van der Waals surface area contributed by atoms with Crippen LogP contribution >= 0.6 is 11.8 Å². The topological polar surface area (TPSA) is 133 Å². The summed E-state index contributed by atoms with van der Waals surface area (Å²) in [4.78, 5) is 52.9. The molecule has 1 aromatic carbocycles. The largest absolute Gasteiger partial charge is 0.329 e. The van der Waals surface area contributed by atoms with Gasteiger partial charge in [-0.1, -0.05) is 11.8 Å². The van der Waals surface area contributed by atoms with E-state index in [1.165, 1.54) is 35.9 Å². The van der Waals surface area contributed by atoms with Gasteiger partial charge in [0, 0.05) is 31.3 Å². The number of nitro benzene ring substituents is 1. The van der Waals surface area contributed by atoms with Gasteiger partial charge in [0.05, 0.1) is 10.7 Å². The first-order valence-corrected chi connectivity index (χ1v) is 8.92. The number of imidazole rings is 1. The van der Waals surface area contributed by atoms with Gasteiger partial charge in [-0.2, -0.15) is 0 Å². The van der Waals surface area contributed by atoms with Crippen molar-refractivity contribution >= 4 is 34.4 Å². The second-order valence-electron chi connectivity index (χ2n) is 5.64. The number of carbonyl (C=O) groups excluding carboxylic acids is 1. The molecule has 10 nitrogen and oxygen atoms in total. The molecule has 3 rings (SSSR count). The number of aryl methyl sites for hydroxylation is 2. The Hall–Kier alpha value is -3.21. The Morgan fingerprint density at radius 1 is 1.30 bits per heavy atom. The van der Waals surface area contributed by atoms with Crippen molar-refractivity contribution in [3.63, 3.8) is 0 Å². The van der Waals surface area contributed by atoms with Crippen molar-refractivity contribution in [2.45, 2.75) is 18.6 Å². The molecule has 0 bridgehead atoms. The first-order chi connectivity index (χ1) is 12.8. The van der Waals surface area contributed by atoms with Crippen LogP contribution in [0.5, 0.6) is 0 Å². The number of nitrogens with zero attached hydrogens (tertiary/aromatic N) is 4. The fourth-order valence-electron chi connectivity index (χ4n) is 2.60. The maximum Gasteiger partial charge on any atom is 0.329 e. The second kappa shape index (κ2) is 7.19. The molecule has 2 heterocycles. The number of benzene rings is 1. The summed E-state index contributed by atoms with van der Waals surface area (Å²) < 4.78 is 2.88. The maximum absolute atomic E-state index is 12.4. The van der Waals surface area contributed by atoms with Crippen LogP contribution in [0.4, 0.5) is 5.69 Å². The molecule has 1 N–H and O–H groups in total. The summed E-state index contributed by atoms with van der Waals surface area (Å²) in [5.74, 6) is -0.195. The number of Topliss-reactive ketones (excluding diaryl/α,β-unsaturated/α-hetero) is 1. The molecule has 0 spiro atoms. The van der Waals surface area contributed by atoms with E-state index in [0.29, 0.717) is 17.3 Å². The van der Waals surface area contributed by atoms with E-state index in [2.05, 4.69) is 9.97 Å². The third kappa shape index (κ3) is 3.40. The van der Waals surface area contributed by atoms with Gasteiger partial charge in [0.25, 0.3) is 11.2 Å². The molecule has 0 atom stereocenters. The lowest BCUT2D eigenvalue weighted by Gasteiger charge is -2.05. The number of thioether (sulfide) groups is 1. The van der Waals surface area contributed by atoms with Crippen molar-refractivity contribution in [1.29, 1.82) is 0 Å². The molecule has 3 aromatic rings. The fraction of sp³-hybridized carbons (Fsp3) is 0.250. The Morgan fingerprint density at radius 2 is 1.96 bits per heavy atom. The van der Waals surface area contributed by atoms with E-state index in [1.807, 2.05) is 6.92 Å². The number of ketones is 1. The zero-order valence-electron chi connectivity index (χ0n) is 14.5. The molecular weight excluding hydrogens is 374 g/mol. The molecule has 0 amide bonds. The van der Waals surface area contributed by atoms with Crippen LogP contribution in [-0.2, 0) is 13.6 Å². The van der Waals surface area contributed by atoms with Crippen LogP contribution < -0.4 is 11.2 Å². The van der Waals surface area contributed by atoms with E-state index in [0.717, 1.165) is 11.8 Å². The van der Waals surface area contributed by atoms with Gasteiger partial charge in [0.2, 0.25) is 0 Å². The van der Waals surface area contributed by atoms with Crippen molar-refractivity contribution in [2.75, 3.05) is 5.75 Å². The molecule has 0 fully saturated rings. The minimum atomic E-state index is -0.563. The van der Waals surface area contributed by atoms with Gasteiger partial charge >= 0.3 is 5.69 Å². The van der Waals surface area contributed by atoms with Gasteiger partial charge in [-0.15, -0.1) is 0 Å². The number of fused-ring (bicyclic) bond motifs is 1. The zero-order chi connectivity index (χ0) is 19.7. The van der Waals surface area contributed by atoms with Gasteiger partial charge in [-0.05, 0) is 19.1 Å².